The van der Waals surface area contributed by atoms with Crippen LogP contribution in [0.25, 0.3) is 0 Å². The number of rotatable bonds is 6. The second kappa shape index (κ2) is 7.48. The molecule has 1 amide bonds. The van der Waals surface area contributed by atoms with Crippen molar-refractivity contribution in [3.05, 3.63) is 65.9 Å². The molecule has 0 bridgehead atoms. The quantitative estimate of drug-likeness (QED) is 0.718. The minimum Gasteiger partial charge on any atom is -0.497 e. The molecule has 0 saturated carbocycles. The molecule has 2 heterocycles. The van der Waals surface area contributed by atoms with Crippen LogP contribution in [0, 0.1) is 6.92 Å². The number of aromatic nitrogens is 2. The van der Waals surface area contributed by atoms with Crippen LogP contribution in [0.3, 0.4) is 0 Å². The number of nitrogens with one attached hydrogen (secondary N) is 2. The van der Waals surface area contributed by atoms with Crippen LogP contribution in [0.2, 0.25) is 0 Å². The fourth-order valence-electron chi connectivity index (χ4n) is 2.22. The first-order valence-corrected chi connectivity index (χ1v) is 7.71. The van der Waals surface area contributed by atoms with Crippen molar-refractivity contribution in [1.82, 2.24) is 15.3 Å². The van der Waals surface area contributed by atoms with Crippen LogP contribution in [0.1, 0.15) is 21.9 Å². The number of hydrogen-bond donors (Lipinski definition) is 2. The first-order valence-electron chi connectivity index (χ1n) is 7.71. The van der Waals surface area contributed by atoms with Gasteiger partial charge in [-0.1, -0.05) is 0 Å². The van der Waals surface area contributed by atoms with Gasteiger partial charge < -0.3 is 19.8 Å². The van der Waals surface area contributed by atoms with E-state index >= 15 is 0 Å². The lowest BCUT2D eigenvalue weighted by Crippen LogP contribution is -2.24. The Balaban J connectivity index is 1.71. The summed E-state index contributed by atoms with van der Waals surface area (Å²) >= 11 is 0. The highest BCUT2D eigenvalue weighted by Crippen LogP contribution is 2.18. The second-order valence-corrected chi connectivity index (χ2v) is 5.33. The molecule has 2 N–H and O–H groups in total. The van der Waals surface area contributed by atoms with Crippen LogP contribution < -0.4 is 15.4 Å². The summed E-state index contributed by atoms with van der Waals surface area (Å²) in [5, 5.41) is 5.85. The van der Waals surface area contributed by atoms with Gasteiger partial charge in [-0.25, -0.2) is 9.97 Å². The number of nitrogens with zero attached hydrogens (tertiary/aromatic N) is 2. The molecule has 0 spiro atoms. The van der Waals surface area contributed by atoms with E-state index in [0.717, 1.165) is 11.4 Å². The molecule has 0 unspecified atom stereocenters. The predicted octanol–water partition coefficient (Wildman–Crippen LogP) is 3.06. The van der Waals surface area contributed by atoms with Gasteiger partial charge in [-0.2, -0.15) is 0 Å². The van der Waals surface area contributed by atoms with E-state index in [2.05, 4.69) is 20.6 Å². The Bertz CT molecular complexity index is 845. The number of hydrogen-bond acceptors (Lipinski definition) is 6. The predicted molar refractivity (Wildman–Crippen MR) is 92.9 cm³/mol. The third-order valence-corrected chi connectivity index (χ3v) is 3.44. The highest BCUT2D eigenvalue weighted by molar-refractivity contribution is 5.92. The first kappa shape index (κ1) is 16.5. The Hall–Kier alpha value is -3.35. The van der Waals surface area contributed by atoms with Gasteiger partial charge in [0.05, 0.1) is 19.9 Å². The smallest absolute Gasteiger partial charge is 0.270 e. The minimum atomic E-state index is -0.292. The molecule has 1 aromatic carbocycles. The molecule has 0 radical (unpaired) electrons. The van der Waals surface area contributed by atoms with Gasteiger partial charge in [0.2, 0.25) is 5.95 Å². The maximum Gasteiger partial charge on any atom is 0.270 e. The van der Waals surface area contributed by atoms with Crippen LogP contribution in [0.15, 0.2) is 53.1 Å². The van der Waals surface area contributed by atoms with Gasteiger partial charge in [0.1, 0.15) is 17.2 Å². The summed E-state index contributed by atoms with van der Waals surface area (Å²) in [6.45, 7) is 2.11. The monoisotopic (exact) mass is 338 g/mol. The van der Waals surface area contributed by atoms with Crippen LogP contribution in [-0.2, 0) is 6.54 Å². The van der Waals surface area contributed by atoms with Gasteiger partial charge in [0.25, 0.3) is 5.91 Å². The molecular formula is C18H18N4O3. The SMILES string of the molecule is COc1ccc(Nc2nc(C)cc(C(=O)NCc3ccco3)n2)cc1. The average Bonchev–Trinajstić information content (AvgIpc) is 3.13. The molecule has 0 saturated heterocycles. The number of furan rings is 1. The summed E-state index contributed by atoms with van der Waals surface area (Å²) < 4.78 is 10.3. The van der Waals surface area contributed by atoms with Crippen molar-refractivity contribution < 1.29 is 13.9 Å². The molecule has 0 aliphatic carbocycles. The largest absolute Gasteiger partial charge is 0.497 e. The molecule has 7 nitrogen and oxygen atoms in total. The van der Waals surface area contributed by atoms with Gasteiger partial charge >= 0.3 is 0 Å². The molecule has 0 aliphatic heterocycles. The van der Waals surface area contributed by atoms with Gasteiger partial charge in [-0.05, 0) is 49.4 Å². The lowest BCUT2D eigenvalue weighted by Gasteiger charge is -2.09. The molecule has 2 aromatic heterocycles. The standard InChI is InChI=1S/C18H18N4O3/c1-12-10-16(17(23)19-11-15-4-3-9-25-15)22-18(20-12)21-13-5-7-14(24-2)8-6-13/h3-10H,11H2,1-2H3,(H,19,23)(H,20,21,22). The second-order valence-electron chi connectivity index (χ2n) is 5.33. The van der Waals surface area contributed by atoms with Crippen LogP contribution in [-0.4, -0.2) is 23.0 Å². The minimum absolute atomic E-state index is 0.287. The van der Waals surface area contributed by atoms with Crippen molar-refractivity contribution in [2.24, 2.45) is 0 Å². The molecule has 3 rings (SSSR count). The summed E-state index contributed by atoms with van der Waals surface area (Å²) in [5.41, 5.74) is 1.78. The highest BCUT2D eigenvalue weighted by Gasteiger charge is 2.11. The Labute approximate surface area is 145 Å². The number of carbonyl (C=O) groups is 1. The van der Waals surface area contributed by atoms with E-state index in [0.29, 0.717) is 23.9 Å². The molecule has 3 aromatic rings. The zero-order valence-electron chi connectivity index (χ0n) is 13.9. The van der Waals surface area contributed by atoms with E-state index in [-0.39, 0.29) is 11.6 Å². The van der Waals surface area contributed by atoms with E-state index in [9.17, 15) is 4.79 Å². The van der Waals surface area contributed by atoms with Gasteiger partial charge in [-0.3, -0.25) is 4.79 Å². The third-order valence-electron chi connectivity index (χ3n) is 3.44. The number of aryl methyl sites for hydroxylation is 1. The lowest BCUT2D eigenvalue weighted by atomic mass is 10.3. The summed E-state index contributed by atoms with van der Waals surface area (Å²) in [7, 11) is 1.61. The zero-order chi connectivity index (χ0) is 17.6. The topological polar surface area (TPSA) is 89.3 Å². The summed E-state index contributed by atoms with van der Waals surface area (Å²) in [6.07, 6.45) is 1.56. The number of benzene rings is 1. The molecule has 7 heteroatoms. The van der Waals surface area contributed by atoms with E-state index < -0.39 is 0 Å². The van der Waals surface area contributed by atoms with E-state index in [1.165, 1.54) is 0 Å². The number of carbonyl (C=O) groups excluding carboxylic acids is 1. The number of methoxy groups -OCH3 is 1. The molecule has 128 valence electrons. The van der Waals surface area contributed by atoms with Crippen molar-refractivity contribution in [2.75, 3.05) is 12.4 Å². The van der Waals surface area contributed by atoms with Crippen molar-refractivity contribution in [3.8, 4) is 5.75 Å². The van der Waals surface area contributed by atoms with Crippen LogP contribution in [0.5, 0.6) is 5.75 Å². The normalized spacial score (nSPS) is 10.3. The van der Waals surface area contributed by atoms with Gasteiger partial charge in [0, 0.05) is 11.4 Å². The van der Waals surface area contributed by atoms with Crippen molar-refractivity contribution in [3.63, 3.8) is 0 Å². The first-order chi connectivity index (χ1) is 12.1. The van der Waals surface area contributed by atoms with Gasteiger partial charge in [0.15, 0.2) is 0 Å². The summed E-state index contributed by atoms with van der Waals surface area (Å²) in [4.78, 5) is 20.9. The number of amides is 1. The van der Waals surface area contributed by atoms with Crippen LogP contribution in [0.4, 0.5) is 11.6 Å². The van der Waals surface area contributed by atoms with Crippen molar-refractivity contribution in [1.29, 1.82) is 0 Å². The highest BCUT2D eigenvalue weighted by atomic mass is 16.5. The fourth-order valence-corrected chi connectivity index (χ4v) is 2.22. The molecule has 25 heavy (non-hydrogen) atoms. The van der Waals surface area contributed by atoms with E-state index in [4.69, 9.17) is 9.15 Å². The maximum absolute atomic E-state index is 12.3. The average molecular weight is 338 g/mol. The fraction of sp³-hybridized carbons (Fsp3) is 0.167. The summed E-state index contributed by atoms with van der Waals surface area (Å²) in [5.74, 6) is 1.50. The zero-order valence-corrected chi connectivity index (χ0v) is 13.9. The molecule has 0 atom stereocenters. The lowest BCUT2D eigenvalue weighted by molar-refractivity contribution is 0.0943. The third kappa shape index (κ3) is 4.35. The molecule has 0 aliphatic rings. The molecular weight excluding hydrogens is 320 g/mol. The molecule has 0 fully saturated rings. The van der Waals surface area contributed by atoms with Crippen LogP contribution >= 0.6 is 0 Å². The van der Waals surface area contributed by atoms with Crippen molar-refractivity contribution in [2.45, 2.75) is 13.5 Å². The maximum atomic E-state index is 12.3. The van der Waals surface area contributed by atoms with Crippen molar-refractivity contribution >= 4 is 17.5 Å². The van der Waals surface area contributed by atoms with Gasteiger partial charge in [-0.15, -0.1) is 0 Å². The number of anilines is 2. The summed E-state index contributed by atoms with van der Waals surface area (Å²) in [6, 6.07) is 12.6. The Morgan fingerprint density at radius 2 is 2.00 bits per heavy atom. The Morgan fingerprint density at radius 3 is 2.68 bits per heavy atom. The Kier molecular flexibility index (Phi) is 4.94. The number of ether oxygens (including phenoxy) is 1. The van der Waals surface area contributed by atoms with E-state index in [1.54, 1.807) is 31.6 Å². The van der Waals surface area contributed by atoms with E-state index in [1.807, 2.05) is 31.2 Å². The Morgan fingerprint density at radius 1 is 1.20 bits per heavy atom.